The highest BCUT2D eigenvalue weighted by Crippen LogP contribution is 2.17. The third-order valence-electron chi connectivity index (χ3n) is 2.27. The average Bonchev–Trinajstić information content (AvgIpc) is 2.68. The van der Waals surface area contributed by atoms with Gasteiger partial charge in [0.1, 0.15) is 11.3 Å². The Morgan fingerprint density at radius 1 is 1.56 bits per heavy atom. The van der Waals surface area contributed by atoms with Gasteiger partial charge in [-0.1, -0.05) is 0 Å². The lowest BCUT2D eigenvalue weighted by Gasteiger charge is -2.07. The third-order valence-corrected chi connectivity index (χ3v) is 2.27. The number of nitrogens with two attached hydrogens (primary N) is 1. The summed E-state index contributed by atoms with van der Waals surface area (Å²) >= 11 is 0. The minimum absolute atomic E-state index is 0.278. The number of aromatic nitrogens is 3. The zero-order chi connectivity index (χ0) is 13.1. The molecule has 6 heteroatoms. The molecule has 2 aromatic rings. The van der Waals surface area contributed by atoms with Crippen molar-refractivity contribution < 1.29 is 4.79 Å². The van der Waals surface area contributed by atoms with Crippen molar-refractivity contribution in [1.82, 2.24) is 15.0 Å². The van der Waals surface area contributed by atoms with Gasteiger partial charge in [0.05, 0.1) is 6.20 Å². The Morgan fingerprint density at radius 2 is 2.33 bits per heavy atom. The molecule has 0 aliphatic carbocycles. The van der Waals surface area contributed by atoms with Gasteiger partial charge >= 0.3 is 0 Å². The van der Waals surface area contributed by atoms with Crippen LogP contribution < -0.4 is 11.1 Å². The fraction of sp³-hybridized carbons (Fsp3) is 0.250. The number of H-pyrrole nitrogens is 1. The monoisotopic (exact) mass is 245 g/mol. The zero-order valence-electron chi connectivity index (χ0n) is 10.3. The molecule has 0 fully saturated rings. The lowest BCUT2D eigenvalue weighted by atomic mass is 10.2. The van der Waals surface area contributed by atoms with Crippen LogP contribution in [-0.2, 0) is 4.79 Å². The van der Waals surface area contributed by atoms with Gasteiger partial charge in [-0.2, -0.15) is 0 Å². The van der Waals surface area contributed by atoms with Crippen LogP contribution in [0.15, 0.2) is 18.5 Å². The minimum atomic E-state index is -0.492. The highest BCUT2D eigenvalue weighted by atomic mass is 16.1. The van der Waals surface area contributed by atoms with Crippen molar-refractivity contribution in [3.63, 3.8) is 0 Å². The second-order valence-electron chi connectivity index (χ2n) is 4.23. The number of aromatic amines is 1. The standard InChI is InChI=1S/C12H15N5O/c1-7(2)16-10-6-15-12-11(17-10)8(5-14-12)3-4-9(13)18/h3-7H,1-2H3,(H2,13,18)(H,14,15)(H,16,17)/b4-3+. The lowest BCUT2D eigenvalue weighted by molar-refractivity contribution is -0.113. The number of carbonyl (C=O) groups excluding carboxylic acids is 1. The predicted molar refractivity (Wildman–Crippen MR) is 70.9 cm³/mol. The maximum atomic E-state index is 10.7. The topological polar surface area (TPSA) is 96.7 Å². The van der Waals surface area contributed by atoms with E-state index in [0.717, 1.165) is 5.56 Å². The molecular formula is C12H15N5O. The number of rotatable bonds is 4. The summed E-state index contributed by atoms with van der Waals surface area (Å²) in [5.41, 5.74) is 7.23. The van der Waals surface area contributed by atoms with E-state index in [9.17, 15) is 4.79 Å². The van der Waals surface area contributed by atoms with Gasteiger partial charge in [0.2, 0.25) is 5.91 Å². The first-order valence-corrected chi connectivity index (χ1v) is 5.64. The molecule has 0 aliphatic heterocycles. The largest absolute Gasteiger partial charge is 0.367 e. The van der Waals surface area contributed by atoms with Crippen molar-refractivity contribution in [2.45, 2.75) is 19.9 Å². The molecule has 0 spiro atoms. The number of amides is 1. The molecule has 18 heavy (non-hydrogen) atoms. The minimum Gasteiger partial charge on any atom is -0.367 e. The van der Waals surface area contributed by atoms with Crippen LogP contribution in [0.25, 0.3) is 17.2 Å². The van der Waals surface area contributed by atoms with Crippen molar-refractivity contribution in [1.29, 1.82) is 0 Å². The number of primary amides is 1. The van der Waals surface area contributed by atoms with Crippen LogP contribution in [-0.4, -0.2) is 26.9 Å². The number of carbonyl (C=O) groups is 1. The van der Waals surface area contributed by atoms with Crippen LogP contribution in [0.4, 0.5) is 5.82 Å². The normalized spacial score (nSPS) is 11.5. The van der Waals surface area contributed by atoms with E-state index in [-0.39, 0.29) is 6.04 Å². The summed E-state index contributed by atoms with van der Waals surface area (Å²) in [6.45, 7) is 4.05. The van der Waals surface area contributed by atoms with Gasteiger partial charge in [0.15, 0.2) is 5.65 Å². The van der Waals surface area contributed by atoms with Crippen LogP contribution in [0.3, 0.4) is 0 Å². The SMILES string of the molecule is CC(C)Nc1cnc2[nH]cc(/C=C/C(N)=O)c2n1. The summed E-state index contributed by atoms with van der Waals surface area (Å²) in [5, 5.41) is 3.18. The van der Waals surface area contributed by atoms with E-state index in [1.165, 1.54) is 6.08 Å². The number of anilines is 1. The summed E-state index contributed by atoms with van der Waals surface area (Å²) in [7, 11) is 0. The van der Waals surface area contributed by atoms with Gasteiger partial charge in [-0.15, -0.1) is 0 Å². The van der Waals surface area contributed by atoms with E-state index in [1.807, 2.05) is 13.8 Å². The quantitative estimate of drug-likeness (QED) is 0.707. The molecule has 2 aromatic heterocycles. The van der Waals surface area contributed by atoms with Gasteiger partial charge in [0.25, 0.3) is 0 Å². The van der Waals surface area contributed by atoms with Crippen LogP contribution in [0.1, 0.15) is 19.4 Å². The third kappa shape index (κ3) is 2.65. The highest BCUT2D eigenvalue weighted by Gasteiger charge is 2.06. The predicted octanol–water partition coefficient (Wildman–Crippen LogP) is 1.28. The summed E-state index contributed by atoms with van der Waals surface area (Å²) in [6, 6.07) is 0.278. The van der Waals surface area contributed by atoms with Crippen molar-refractivity contribution in [3.05, 3.63) is 24.0 Å². The van der Waals surface area contributed by atoms with Gasteiger partial charge in [-0.25, -0.2) is 9.97 Å². The van der Waals surface area contributed by atoms with Crippen LogP contribution in [0, 0.1) is 0 Å². The highest BCUT2D eigenvalue weighted by molar-refractivity contribution is 5.93. The van der Waals surface area contributed by atoms with Crippen molar-refractivity contribution in [2.75, 3.05) is 5.32 Å². The summed E-state index contributed by atoms with van der Waals surface area (Å²) in [6.07, 6.45) is 6.32. The zero-order valence-corrected chi connectivity index (χ0v) is 10.3. The van der Waals surface area contributed by atoms with Gasteiger partial charge in [0, 0.05) is 23.9 Å². The molecule has 0 aromatic carbocycles. The number of nitrogens with zero attached hydrogens (tertiary/aromatic N) is 2. The fourth-order valence-corrected chi connectivity index (χ4v) is 1.57. The summed E-state index contributed by atoms with van der Waals surface area (Å²) < 4.78 is 0. The first-order chi connectivity index (χ1) is 8.56. The Hall–Kier alpha value is -2.37. The molecule has 6 nitrogen and oxygen atoms in total. The molecule has 0 atom stereocenters. The Balaban J connectivity index is 2.40. The number of hydrogen-bond donors (Lipinski definition) is 3. The van der Waals surface area contributed by atoms with E-state index in [1.54, 1.807) is 18.5 Å². The van der Waals surface area contributed by atoms with E-state index in [2.05, 4.69) is 20.3 Å². The maximum Gasteiger partial charge on any atom is 0.241 e. The smallest absolute Gasteiger partial charge is 0.241 e. The maximum absolute atomic E-state index is 10.7. The molecule has 2 heterocycles. The molecule has 1 amide bonds. The Morgan fingerprint density at radius 3 is 3.00 bits per heavy atom. The van der Waals surface area contributed by atoms with Crippen LogP contribution >= 0.6 is 0 Å². The van der Waals surface area contributed by atoms with Crippen LogP contribution in [0.5, 0.6) is 0 Å². The Labute approximate surface area is 104 Å². The molecular weight excluding hydrogens is 230 g/mol. The van der Waals surface area contributed by atoms with Gasteiger partial charge in [-0.3, -0.25) is 4.79 Å². The molecule has 0 aliphatic rings. The second kappa shape index (κ2) is 4.87. The van der Waals surface area contributed by atoms with Crippen molar-refractivity contribution >= 4 is 29.0 Å². The van der Waals surface area contributed by atoms with E-state index < -0.39 is 5.91 Å². The summed E-state index contributed by atoms with van der Waals surface area (Å²) in [4.78, 5) is 22.4. The van der Waals surface area contributed by atoms with Crippen LogP contribution in [0.2, 0.25) is 0 Å². The second-order valence-corrected chi connectivity index (χ2v) is 4.23. The van der Waals surface area contributed by atoms with Crippen molar-refractivity contribution in [3.8, 4) is 0 Å². The van der Waals surface area contributed by atoms with E-state index >= 15 is 0 Å². The molecule has 4 N–H and O–H groups in total. The molecule has 0 saturated carbocycles. The molecule has 0 bridgehead atoms. The first-order valence-electron chi connectivity index (χ1n) is 5.64. The fourth-order valence-electron chi connectivity index (χ4n) is 1.57. The Kier molecular flexibility index (Phi) is 3.27. The van der Waals surface area contributed by atoms with E-state index in [0.29, 0.717) is 17.0 Å². The van der Waals surface area contributed by atoms with E-state index in [4.69, 9.17) is 5.73 Å². The molecule has 0 unspecified atom stereocenters. The summed E-state index contributed by atoms with van der Waals surface area (Å²) in [5.74, 6) is 0.208. The van der Waals surface area contributed by atoms with Crippen molar-refractivity contribution in [2.24, 2.45) is 5.73 Å². The molecule has 94 valence electrons. The van der Waals surface area contributed by atoms with Gasteiger partial charge in [-0.05, 0) is 19.9 Å². The number of hydrogen-bond acceptors (Lipinski definition) is 4. The molecule has 0 saturated heterocycles. The number of nitrogens with one attached hydrogen (secondary N) is 2. The van der Waals surface area contributed by atoms with Gasteiger partial charge < -0.3 is 16.0 Å². The Bertz CT molecular complexity index is 600. The first kappa shape index (κ1) is 12.1. The molecule has 0 radical (unpaired) electrons. The lowest BCUT2D eigenvalue weighted by Crippen LogP contribution is -2.11. The number of fused-ring (bicyclic) bond motifs is 1. The molecule has 2 rings (SSSR count). The average molecular weight is 245 g/mol.